The Morgan fingerprint density at radius 3 is 1.85 bits per heavy atom. The number of benzene rings is 1. The fraction of sp³-hybridized carbons (Fsp3) is 0.724. The van der Waals surface area contributed by atoms with E-state index in [9.17, 15) is 0 Å². The van der Waals surface area contributed by atoms with Gasteiger partial charge in [-0.15, -0.1) is 0 Å². The topological polar surface area (TPSA) is 42.2 Å². The van der Waals surface area contributed by atoms with Crippen molar-refractivity contribution in [2.24, 2.45) is 0 Å². The molecule has 0 N–H and O–H groups in total. The molecular weight excluding hydrogens is 430 g/mol. The number of rotatable bonds is 22. The van der Waals surface area contributed by atoms with Gasteiger partial charge >= 0.3 is 0 Å². The second-order valence-corrected chi connectivity index (χ2v) is 9.64. The van der Waals surface area contributed by atoms with Gasteiger partial charge in [0.15, 0.2) is 0 Å². The van der Waals surface area contributed by atoms with E-state index in [-0.39, 0.29) is 6.10 Å². The van der Waals surface area contributed by atoms with Gasteiger partial charge in [0.05, 0.1) is 29.9 Å². The van der Waals surface area contributed by atoms with E-state index in [0.29, 0.717) is 23.8 Å². The molecule has 0 aromatic heterocycles. The van der Waals surface area contributed by atoms with E-state index >= 15 is 0 Å². The summed E-state index contributed by atoms with van der Waals surface area (Å²) in [6.45, 7) is 7.97. The predicted octanol–water partition coefficient (Wildman–Crippen LogP) is 9.21. The zero-order valence-electron chi connectivity index (χ0n) is 21.1. The Kier molecular flexibility index (Phi) is 19.5. The van der Waals surface area contributed by atoms with Crippen LogP contribution in [-0.4, -0.2) is 19.3 Å². The van der Waals surface area contributed by atoms with E-state index in [1.54, 1.807) is 12.1 Å². The number of ether oxygens (including phenoxy) is 2. The summed E-state index contributed by atoms with van der Waals surface area (Å²) in [5.74, 6) is 0. The zero-order valence-corrected chi connectivity index (χ0v) is 21.8. The van der Waals surface area contributed by atoms with Crippen molar-refractivity contribution < 1.29 is 9.47 Å². The Balaban J connectivity index is 1.82. The van der Waals surface area contributed by atoms with Crippen LogP contribution >= 0.6 is 11.6 Å². The third-order valence-corrected chi connectivity index (χ3v) is 6.40. The fourth-order valence-electron chi connectivity index (χ4n) is 3.97. The molecular formula is C29H47ClNO2. The second-order valence-electron chi connectivity index (χ2n) is 9.24. The van der Waals surface area contributed by atoms with Gasteiger partial charge in [0.2, 0.25) is 0 Å². The molecule has 187 valence electrons. The predicted molar refractivity (Wildman–Crippen MR) is 140 cm³/mol. The summed E-state index contributed by atoms with van der Waals surface area (Å²) in [5.41, 5.74) is 1.42. The summed E-state index contributed by atoms with van der Waals surface area (Å²) in [6, 6.07) is 7.40. The normalized spacial score (nSPS) is 12.1. The lowest BCUT2D eigenvalue weighted by Crippen LogP contribution is -2.16. The van der Waals surface area contributed by atoms with Crippen LogP contribution in [0.25, 0.3) is 0 Å². The van der Waals surface area contributed by atoms with Crippen molar-refractivity contribution in [2.75, 3.05) is 13.2 Å². The molecule has 1 rings (SSSR count). The fourth-order valence-corrected chi connectivity index (χ4v) is 4.21. The van der Waals surface area contributed by atoms with Gasteiger partial charge in [0.1, 0.15) is 6.07 Å². The Morgan fingerprint density at radius 2 is 1.36 bits per heavy atom. The van der Waals surface area contributed by atoms with E-state index < -0.39 is 0 Å². The lowest BCUT2D eigenvalue weighted by molar-refractivity contribution is -0.00217. The average Bonchev–Trinajstić information content (AvgIpc) is 2.82. The van der Waals surface area contributed by atoms with E-state index in [1.165, 1.54) is 96.3 Å². The molecule has 0 aliphatic carbocycles. The van der Waals surface area contributed by atoms with Crippen molar-refractivity contribution in [3.05, 3.63) is 41.3 Å². The molecule has 0 heterocycles. The zero-order chi connectivity index (χ0) is 24.0. The molecule has 33 heavy (non-hydrogen) atoms. The molecule has 1 aromatic carbocycles. The van der Waals surface area contributed by atoms with Crippen LogP contribution in [0.1, 0.15) is 121 Å². The molecule has 0 unspecified atom stereocenters. The lowest BCUT2D eigenvalue weighted by atomic mass is 10.0. The molecule has 0 saturated heterocycles. The number of hydrogen-bond donors (Lipinski definition) is 0. The summed E-state index contributed by atoms with van der Waals surface area (Å²) in [5, 5.41) is 9.37. The van der Waals surface area contributed by atoms with Crippen LogP contribution < -0.4 is 0 Å². The van der Waals surface area contributed by atoms with Gasteiger partial charge < -0.3 is 9.47 Å². The highest BCUT2D eigenvalue weighted by molar-refractivity contribution is 6.31. The number of nitrogens with zero attached hydrogens (tertiary/aromatic N) is 1. The molecule has 3 nitrogen and oxygen atoms in total. The number of halogens is 1. The van der Waals surface area contributed by atoms with Gasteiger partial charge in [-0.2, -0.15) is 5.26 Å². The first-order valence-corrected chi connectivity index (χ1v) is 13.8. The maximum atomic E-state index is 8.92. The van der Waals surface area contributed by atoms with Gasteiger partial charge in [0.25, 0.3) is 0 Å². The van der Waals surface area contributed by atoms with Crippen LogP contribution in [0.5, 0.6) is 0 Å². The minimum atomic E-state index is -0.208. The van der Waals surface area contributed by atoms with Gasteiger partial charge in [-0.1, -0.05) is 121 Å². The molecule has 0 aliphatic rings. The van der Waals surface area contributed by atoms with Crippen LogP contribution in [0.2, 0.25) is 5.02 Å². The Labute approximate surface area is 209 Å². The highest BCUT2D eigenvalue weighted by Gasteiger charge is 2.06. The summed E-state index contributed by atoms with van der Waals surface area (Å²) < 4.78 is 11.4. The van der Waals surface area contributed by atoms with Gasteiger partial charge in [0, 0.05) is 6.61 Å². The summed E-state index contributed by atoms with van der Waals surface area (Å²) in [4.78, 5) is 0. The molecule has 0 aliphatic heterocycles. The van der Waals surface area contributed by atoms with E-state index in [0.717, 1.165) is 18.6 Å². The Hall–Kier alpha value is -1.08. The minimum absolute atomic E-state index is 0.208. The quantitative estimate of drug-likeness (QED) is 0.156. The van der Waals surface area contributed by atoms with Gasteiger partial charge in [-0.3, -0.25) is 0 Å². The summed E-state index contributed by atoms with van der Waals surface area (Å²) in [7, 11) is 0. The molecule has 0 fully saturated rings. The average molecular weight is 477 g/mol. The molecule has 1 atom stereocenters. The van der Waals surface area contributed by atoms with Crippen molar-refractivity contribution in [1.29, 1.82) is 5.26 Å². The molecule has 1 radical (unpaired) electrons. The molecule has 0 amide bonds. The largest absolute Gasteiger partial charge is 0.379 e. The second kappa shape index (κ2) is 21.5. The molecule has 0 bridgehead atoms. The van der Waals surface area contributed by atoms with Crippen molar-refractivity contribution in [2.45, 2.75) is 122 Å². The number of unbranched alkanes of at least 4 members (excludes halogenated alkanes) is 15. The maximum Gasteiger partial charge on any atom is 0.101 e. The molecule has 0 saturated carbocycles. The van der Waals surface area contributed by atoms with Crippen LogP contribution in [0.4, 0.5) is 0 Å². The molecule has 4 heteroatoms. The van der Waals surface area contributed by atoms with Crippen LogP contribution in [0.15, 0.2) is 18.2 Å². The van der Waals surface area contributed by atoms with E-state index in [2.05, 4.69) is 19.9 Å². The highest BCUT2D eigenvalue weighted by Crippen LogP contribution is 2.18. The minimum Gasteiger partial charge on any atom is -0.379 e. The van der Waals surface area contributed by atoms with Crippen molar-refractivity contribution in [1.82, 2.24) is 0 Å². The van der Waals surface area contributed by atoms with Gasteiger partial charge in [-0.05, 0) is 31.0 Å². The van der Waals surface area contributed by atoms with Crippen molar-refractivity contribution in [3.8, 4) is 6.07 Å². The third-order valence-electron chi connectivity index (χ3n) is 6.09. The Morgan fingerprint density at radius 1 is 0.848 bits per heavy atom. The first kappa shape index (κ1) is 30.0. The van der Waals surface area contributed by atoms with E-state index in [4.69, 9.17) is 26.3 Å². The Bertz CT molecular complexity index is 629. The van der Waals surface area contributed by atoms with Crippen molar-refractivity contribution in [3.63, 3.8) is 0 Å². The van der Waals surface area contributed by atoms with Gasteiger partial charge in [-0.25, -0.2) is 0 Å². The van der Waals surface area contributed by atoms with Crippen LogP contribution in [-0.2, 0) is 16.1 Å². The SMILES string of the molecule is [CH2][C@H](COCCCCCCCCCCCCCCCCCC)OCc1ccc(C#N)c(Cl)c1. The smallest absolute Gasteiger partial charge is 0.101 e. The maximum absolute atomic E-state index is 8.92. The van der Waals surface area contributed by atoms with E-state index in [1.807, 2.05) is 6.07 Å². The summed E-state index contributed by atoms with van der Waals surface area (Å²) >= 11 is 6.05. The number of hydrogen-bond acceptors (Lipinski definition) is 3. The summed E-state index contributed by atoms with van der Waals surface area (Å²) in [6.07, 6.45) is 21.8. The monoisotopic (exact) mass is 476 g/mol. The van der Waals surface area contributed by atoms with Crippen LogP contribution in [0, 0.1) is 18.3 Å². The molecule has 0 spiro atoms. The lowest BCUT2D eigenvalue weighted by Gasteiger charge is -2.14. The highest BCUT2D eigenvalue weighted by atomic mass is 35.5. The molecule has 1 aromatic rings. The van der Waals surface area contributed by atoms with Crippen molar-refractivity contribution >= 4 is 11.6 Å². The first-order chi connectivity index (χ1) is 16.2. The number of nitriles is 1. The first-order valence-electron chi connectivity index (χ1n) is 13.4. The standard InChI is InChI=1S/C29H47ClNO2/c1-3-4-5-6-7-8-9-10-11-12-13-14-15-16-17-18-21-32-24-26(2)33-25-27-19-20-28(23-31)29(30)22-27/h19-20,22,26H,2-18,21,24-25H2,1H3/t26-/m1/s1. The van der Waals surface area contributed by atoms with Crippen LogP contribution in [0.3, 0.4) is 0 Å². The third kappa shape index (κ3) is 17.1.